The smallest absolute Gasteiger partial charge is 0.227 e. The van der Waals surface area contributed by atoms with Crippen LogP contribution >= 0.6 is 0 Å². The minimum atomic E-state index is -0.314. The molecular formula is C26H31FN4O2. The number of carbonyl (C=O) groups is 1. The Kier molecular flexibility index (Phi) is 7.50. The molecule has 1 aliphatic rings. The molecular weight excluding hydrogens is 419 g/mol. The van der Waals surface area contributed by atoms with Gasteiger partial charge in [0.25, 0.3) is 0 Å². The number of carbonyl (C=O) groups excluding carboxylic acids is 1. The average molecular weight is 451 g/mol. The van der Waals surface area contributed by atoms with Gasteiger partial charge in [-0.1, -0.05) is 54.8 Å². The van der Waals surface area contributed by atoms with E-state index in [1.165, 1.54) is 38.2 Å². The number of amides is 1. The quantitative estimate of drug-likeness (QED) is 0.489. The minimum Gasteiger partial charge on any atom is -0.339 e. The average Bonchev–Trinajstić information content (AvgIpc) is 3.30. The highest BCUT2D eigenvalue weighted by Gasteiger charge is 2.19. The Morgan fingerprint density at radius 3 is 2.76 bits per heavy atom. The molecule has 1 N–H and O–H groups in total. The second-order valence-corrected chi connectivity index (χ2v) is 8.89. The first-order chi connectivity index (χ1) is 16.0. The van der Waals surface area contributed by atoms with E-state index in [4.69, 9.17) is 4.52 Å². The van der Waals surface area contributed by atoms with Gasteiger partial charge >= 0.3 is 0 Å². The van der Waals surface area contributed by atoms with E-state index in [0.29, 0.717) is 35.3 Å². The third-order valence-corrected chi connectivity index (χ3v) is 6.37. The first-order valence-electron chi connectivity index (χ1n) is 11.7. The summed E-state index contributed by atoms with van der Waals surface area (Å²) in [5, 5.41) is 6.96. The van der Waals surface area contributed by atoms with Gasteiger partial charge in [-0.3, -0.25) is 9.69 Å². The Balaban J connectivity index is 1.33. The fraction of sp³-hybridized carbons (Fsp3) is 0.423. The van der Waals surface area contributed by atoms with Gasteiger partial charge in [0.05, 0.1) is 0 Å². The molecule has 1 heterocycles. The summed E-state index contributed by atoms with van der Waals surface area (Å²) in [5.41, 5.74) is 3.06. The summed E-state index contributed by atoms with van der Waals surface area (Å²) in [6.07, 6.45) is 6.94. The third-order valence-electron chi connectivity index (χ3n) is 6.37. The number of aryl methyl sites for hydroxylation is 2. The normalized spacial score (nSPS) is 14.5. The molecule has 1 amide bonds. The molecule has 0 radical (unpaired) electrons. The monoisotopic (exact) mass is 450 g/mol. The second-order valence-electron chi connectivity index (χ2n) is 8.89. The van der Waals surface area contributed by atoms with Crippen molar-refractivity contribution in [1.82, 2.24) is 15.0 Å². The van der Waals surface area contributed by atoms with Crippen LogP contribution in [0.1, 0.15) is 55.5 Å². The maximum Gasteiger partial charge on any atom is 0.227 e. The van der Waals surface area contributed by atoms with Gasteiger partial charge in [0.15, 0.2) is 0 Å². The van der Waals surface area contributed by atoms with Crippen LogP contribution in [0.3, 0.4) is 0 Å². The molecule has 1 saturated carbocycles. The van der Waals surface area contributed by atoms with Gasteiger partial charge in [-0.15, -0.1) is 0 Å². The van der Waals surface area contributed by atoms with Crippen LogP contribution in [0.25, 0.3) is 11.4 Å². The van der Waals surface area contributed by atoms with Crippen LogP contribution < -0.4 is 5.32 Å². The van der Waals surface area contributed by atoms with E-state index in [1.807, 2.05) is 18.2 Å². The molecule has 0 aliphatic heterocycles. The van der Waals surface area contributed by atoms with E-state index in [1.54, 1.807) is 19.1 Å². The molecule has 0 atom stereocenters. The Bertz CT molecular complexity index is 1090. The number of hydrogen-bond acceptors (Lipinski definition) is 5. The van der Waals surface area contributed by atoms with Crippen LogP contribution in [0.5, 0.6) is 0 Å². The summed E-state index contributed by atoms with van der Waals surface area (Å²) in [6.45, 7) is 2.51. The van der Waals surface area contributed by atoms with Gasteiger partial charge in [0.2, 0.25) is 17.6 Å². The SMILES string of the molecule is Cc1ccc(-c2noc(CCC(=O)Nc3ccccc3CN(C)C3CCCCC3)n2)cc1F. The topological polar surface area (TPSA) is 71.3 Å². The van der Waals surface area contributed by atoms with Crippen molar-refractivity contribution in [1.29, 1.82) is 0 Å². The van der Waals surface area contributed by atoms with Gasteiger partial charge in [-0.05, 0) is 50.1 Å². The van der Waals surface area contributed by atoms with Crippen LogP contribution in [0, 0.1) is 12.7 Å². The molecule has 33 heavy (non-hydrogen) atoms. The maximum atomic E-state index is 13.8. The first kappa shape index (κ1) is 23.1. The number of nitrogens with one attached hydrogen (secondary N) is 1. The lowest BCUT2D eigenvalue weighted by atomic mass is 9.94. The molecule has 1 aromatic heterocycles. The third kappa shape index (κ3) is 6.05. The molecule has 0 bridgehead atoms. The van der Waals surface area contributed by atoms with E-state index in [2.05, 4.69) is 33.5 Å². The van der Waals surface area contributed by atoms with Crippen molar-refractivity contribution in [2.24, 2.45) is 0 Å². The molecule has 174 valence electrons. The Morgan fingerprint density at radius 2 is 1.97 bits per heavy atom. The Labute approximate surface area is 194 Å². The number of rotatable bonds is 8. The standard InChI is InChI=1S/C26H31FN4O2/c1-18-12-13-19(16-22(18)27)26-29-25(33-30-26)15-14-24(32)28-23-11-7-6-8-20(23)17-31(2)21-9-4-3-5-10-21/h6-8,11-13,16,21H,3-5,9-10,14-15,17H2,1-2H3,(H,28,32). The van der Waals surface area contributed by atoms with E-state index < -0.39 is 0 Å². The van der Waals surface area contributed by atoms with E-state index in [-0.39, 0.29) is 18.1 Å². The molecule has 0 spiro atoms. The van der Waals surface area contributed by atoms with Gasteiger partial charge in [0, 0.05) is 36.7 Å². The molecule has 6 nitrogen and oxygen atoms in total. The second kappa shape index (κ2) is 10.7. The highest BCUT2D eigenvalue weighted by Crippen LogP contribution is 2.25. The molecule has 0 saturated heterocycles. The minimum absolute atomic E-state index is 0.108. The molecule has 0 unspecified atom stereocenters. The molecule has 1 fully saturated rings. The van der Waals surface area contributed by atoms with E-state index in [9.17, 15) is 9.18 Å². The fourth-order valence-corrected chi connectivity index (χ4v) is 4.34. The number of anilines is 1. The highest BCUT2D eigenvalue weighted by atomic mass is 19.1. The lowest BCUT2D eigenvalue weighted by molar-refractivity contribution is -0.116. The summed E-state index contributed by atoms with van der Waals surface area (Å²) in [5.74, 6) is 0.252. The van der Waals surface area contributed by atoms with Gasteiger partial charge in [-0.2, -0.15) is 4.98 Å². The summed E-state index contributed by atoms with van der Waals surface area (Å²) >= 11 is 0. The lowest BCUT2D eigenvalue weighted by Crippen LogP contribution is -2.33. The number of halogens is 1. The van der Waals surface area contributed by atoms with Crippen molar-refractivity contribution in [3.8, 4) is 11.4 Å². The summed E-state index contributed by atoms with van der Waals surface area (Å²) in [7, 11) is 2.17. The van der Waals surface area contributed by atoms with Crippen LogP contribution in [0.2, 0.25) is 0 Å². The number of hydrogen-bond donors (Lipinski definition) is 1. The molecule has 2 aromatic carbocycles. The maximum absolute atomic E-state index is 13.8. The summed E-state index contributed by atoms with van der Waals surface area (Å²) in [4.78, 5) is 19.3. The highest BCUT2D eigenvalue weighted by molar-refractivity contribution is 5.91. The van der Waals surface area contributed by atoms with Crippen molar-refractivity contribution >= 4 is 11.6 Å². The van der Waals surface area contributed by atoms with Crippen LogP contribution in [0.15, 0.2) is 47.0 Å². The van der Waals surface area contributed by atoms with Crippen LogP contribution in [0.4, 0.5) is 10.1 Å². The Morgan fingerprint density at radius 1 is 1.18 bits per heavy atom. The number of para-hydroxylation sites is 1. The molecule has 1 aliphatic carbocycles. The number of benzene rings is 2. The first-order valence-corrected chi connectivity index (χ1v) is 11.7. The zero-order chi connectivity index (χ0) is 23.2. The molecule has 7 heteroatoms. The summed E-state index contributed by atoms with van der Waals surface area (Å²) in [6, 6.07) is 13.4. The van der Waals surface area contributed by atoms with Gasteiger partial charge in [0.1, 0.15) is 5.82 Å². The number of aromatic nitrogens is 2. The van der Waals surface area contributed by atoms with Crippen molar-refractivity contribution in [2.75, 3.05) is 12.4 Å². The van der Waals surface area contributed by atoms with Gasteiger partial charge in [-0.25, -0.2) is 4.39 Å². The largest absolute Gasteiger partial charge is 0.339 e. The molecule has 3 aromatic rings. The predicted octanol–water partition coefficient (Wildman–Crippen LogP) is 5.52. The van der Waals surface area contributed by atoms with E-state index in [0.717, 1.165) is 17.8 Å². The number of nitrogens with zero attached hydrogens (tertiary/aromatic N) is 3. The summed E-state index contributed by atoms with van der Waals surface area (Å²) < 4.78 is 19.1. The Hall–Kier alpha value is -3.06. The van der Waals surface area contributed by atoms with Crippen molar-refractivity contribution in [2.45, 2.75) is 64.5 Å². The van der Waals surface area contributed by atoms with Crippen LogP contribution in [-0.2, 0) is 17.8 Å². The van der Waals surface area contributed by atoms with E-state index >= 15 is 0 Å². The fourth-order valence-electron chi connectivity index (χ4n) is 4.34. The van der Waals surface area contributed by atoms with Gasteiger partial charge < -0.3 is 9.84 Å². The van der Waals surface area contributed by atoms with Crippen molar-refractivity contribution < 1.29 is 13.7 Å². The van der Waals surface area contributed by atoms with Crippen molar-refractivity contribution in [3.63, 3.8) is 0 Å². The van der Waals surface area contributed by atoms with Crippen molar-refractivity contribution in [3.05, 3.63) is 65.3 Å². The zero-order valence-electron chi connectivity index (χ0n) is 19.3. The molecule has 4 rings (SSSR count). The lowest BCUT2D eigenvalue weighted by Gasteiger charge is -2.31. The zero-order valence-corrected chi connectivity index (χ0v) is 19.3. The predicted molar refractivity (Wildman–Crippen MR) is 126 cm³/mol. The van der Waals surface area contributed by atoms with Crippen LogP contribution in [-0.4, -0.2) is 34.0 Å².